The number of nitrogens with zero attached hydrogens (tertiary/aromatic N) is 3. The van der Waals surface area contributed by atoms with Gasteiger partial charge in [0.15, 0.2) is 0 Å². The molecule has 6 heterocycles. The molecule has 15 rings (SSSR count). The number of alkyl carbamates (subject to hydrolysis) is 3. The van der Waals surface area contributed by atoms with Crippen LogP contribution in [0.25, 0.3) is 51.6 Å². The molecule has 0 unspecified atom stereocenters. The first-order valence-corrected chi connectivity index (χ1v) is 38.9. The summed E-state index contributed by atoms with van der Waals surface area (Å²) in [6, 6.07) is 31.3. The number of ether oxygens (including phenoxy) is 6. The molecule has 6 aromatic rings. The Balaban J connectivity index is 0.000000143. The van der Waals surface area contributed by atoms with E-state index in [9.17, 15) is 41.9 Å². The van der Waals surface area contributed by atoms with Crippen LogP contribution in [-0.2, 0) is 42.8 Å². The number of rotatable bonds is 15. The minimum Gasteiger partial charge on any atom is -0.462 e. The van der Waals surface area contributed by atoms with Crippen LogP contribution in [0.4, 0.5) is 27.6 Å². The summed E-state index contributed by atoms with van der Waals surface area (Å²) in [4.78, 5) is 87.7. The quantitative estimate of drug-likeness (QED) is 0.0641. The van der Waals surface area contributed by atoms with Crippen molar-refractivity contribution < 1.29 is 70.4 Å². The lowest BCUT2D eigenvalue weighted by Crippen LogP contribution is -2.48. The molecular formula is C87H99F3N6O12. The molecule has 3 aliphatic heterocycles. The second kappa shape index (κ2) is 34.7. The van der Waals surface area contributed by atoms with Gasteiger partial charge in [0.25, 0.3) is 0 Å². The average Bonchev–Trinajstić information content (AvgIpc) is 1.54. The van der Waals surface area contributed by atoms with E-state index in [-0.39, 0.29) is 143 Å². The highest BCUT2D eigenvalue weighted by atomic mass is 19.1. The van der Waals surface area contributed by atoms with E-state index in [2.05, 4.69) is 49.1 Å². The Morgan fingerprint density at radius 3 is 0.944 bits per heavy atom. The Hall–Kier alpha value is -9.66. The molecule has 9 aliphatic rings. The van der Waals surface area contributed by atoms with E-state index in [1.807, 2.05) is 93.6 Å². The van der Waals surface area contributed by atoms with Gasteiger partial charge in [0.05, 0.1) is 54.7 Å². The zero-order valence-electron chi connectivity index (χ0n) is 62.2. The predicted molar refractivity (Wildman–Crippen MR) is 402 cm³/mol. The molecule has 3 saturated heterocycles. The maximum atomic E-state index is 13.6. The normalized spacial score (nSPS) is 31.4. The van der Waals surface area contributed by atoms with Crippen molar-refractivity contribution in [2.45, 2.75) is 155 Å². The summed E-state index contributed by atoms with van der Waals surface area (Å²) >= 11 is 0. The number of carbonyl (C=O) groups excluding carboxylic acids is 6. The second-order valence-electron chi connectivity index (χ2n) is 30.8. The fourth-order valence-electron chi connectivity index (χ4n) is 19.9. The van der Waals surface area contributed by atoms with Gasteiger partial charge in [-0.05, 0) is 261 Å². The molecule has 3 N–H and O–H groups in total. The van der Waals surface area contributed by atoms with Gasteiger partial charge in [0.1, 0.15) is 35.8 Å². The first kappa shape index (κ1) is 76.5. The van der Waals surface area contributed by atoms with Gasteiger partial charge in [-0.25, -0.2) is 27.6 Å². The molecule has 570 valence electrons. The number of hydrogen-bond acceptors (Lipinski definition) is 15. The molecule has 3 amide bonds. The minimum atomic E-state index is -0.368. The molecule has 0 spiro atoms. The fraction of sp³-hybridized carbons (Fsp3) is 0.483. The molecule has 6 aliphatic carbocycles. The van der Waals surface area contributed by atoms with Crippen LogP contribution < -0.4 is 16.0 Å². The number of esters is 3. The Kier molecular flexibility index (Phi) is 24.6. The first-order valence-electron chi connectivity index (χ1n) is 38.9. The molecule has 21 atom stereocenters. The molecular weight excluding hydrogens is 1380 g/mol. The maximum absolute atomic E-state index is 13.6. The number of cyclic esters (lactones) is 3. The highest BCUT2D eigenvalue weighted by Crippen LogP contribution is 2.57. The van der Waals surface area contributed by atoms with E-state index in [0.717, 1.165) is 128 Å². The largest absolute Gasteiger partial charge is 0.462 e. The summed E-state index contributed by atoms with van der Waals surface area (Å²) in [6.45, 7) is 12.5. The topological polar surface area (TPSA) is 233 Å². The highest BCUT2D eigenvalue weighted by Gasteiger charge is 2.58. The minimum absolute atomic E-state index is 0.0679. The van der Waals surface area contributed by atoms with E-state index in [1.165, 1.54) is 36.4 Å². The molecule has 0 bridgehead atoms. The molecule has 108 heavy (non-hydrogen) atoms. The number of amides is 3. The smallest absolute Gasteiger partial charge is 0.407 e. The Morgan fingerprint density at radius 1 is 0.407 bits per heavy atom. The summed E-state index contributed by atoms with van der Waals surface area (Å²) in [5.74, 6) is 1.89. The third kappa shape index (κ3) is 17.9. The van der Waals surface area contributed by atoms with Crippen molar-refractivity contribution in [3.05, 3.63) is 181 Å². The van der Waals surface area contributed by atoms with Crippen LogP contribution >= 0.6 is 0 Å². The number of hydrogen-bond donors (Lipinski definition) is 3. The van der Waals surface area contributed by atoms with Crippen molar-refractivity contribution in [1.82, 2.24) is 30.9 Å². The first-order chi connectivity index (χ1) is 52.3. The van der Waals surface area contributed by atoms with E-state index >= 15 is 0 Å². The number of nitrogens with one attached hydrogen (secondary N) is 3. The van der Waals surface area contributed by atoms with Gasteiger partial charge in [0.2, 0.25) is 0 Å². The maximum Gasteiger partial charge on any atom is 0.407 e. The number of halogens is 3. The van der Waals surface area contributed by atoms with Crippen LogP contribution in [0.3, 0.4) is 0 Å². The molecule has 9 fully saturated rings. The zero-order chi connectivity index (χ0) is 75.7. The molecule has 0 radical (unpaired) electrons. The molecule has 6 saturated carbocycles. The standard InChI is InChI=1S/3C29H33FN2O4/c3*1-3-35-29(34)32-23-10-11-24-20(14-23)15-26-27(17(2)36-28(26)33)25(24)12-9-22-8-7-19(16-31-22)18-5-4-6-21(30)13-18/h3*4-9,12-13,16-17,20,23-27H,3,10-11,14-15H2,1-2H3,(H,32,34)/b3*12-9+/t17-,20+,23+,24+,25+,26-,27+;17-,20+,23+,24-,25-,26+,27-;17-,20-,23-,24+,25-,26+,27+/m001/s1. The molecule has 21 heteroatoms. The monoisotopic (exact) mass is 1480 g/mol. The van der Waals surface area contributed by atoms with Gasteiger partial charge < -0.3 is 44.4 Å². The highest BCUT2D eigenvalue weighted by molar-refractivity contribution is 5.78. The van der Waals surface area contributed by atoms with Crippen LogP contribution in [0, 0.1) is 106 Å². The number of carbonyl (C=O) groups is 6. The lowest BCUT2D eigenvalue weighted by molar-refractivity contribution is -0.145. The summed E-state index contributed by atoms with van der Waals surface area (Å²) in [5.41, 5.74) is 7.43. The molecule has 3 aromatic heterocycles. The van der Waals surface area contributed by atoms with Crippen molar-refractivity contribution in [2.24, 2.45) is 88.8 Å². The van der Waals surface area contributed by atoms with Crippen LogP contribution in [0.15, 0.2) is 146 Å². The van der Waals surface area contributed by atoms with Gasteiger partial charge in [-0.1, -0.05) is 72.8 Å². The van der Waals surface area contributed by atoms with Gasteiger partial charge in [0, 0.05) is 71.2 Å². The van der Waals surface area contributed by atoms with Crippen molar-refractivity contribution in [3.63, 3.8) is 0 Å². The lowest BCUT2D eigenvalue weighted by atomic mass is 9.57. The average molecular weight is 1480 g/mol. The SMILES string of the molecule is CCOC(=O)N[C@@H]1CC[C@@H]2[C@H](C1)C[C@@H]1C(=O)O[C@@H](C)[C@@H]1[C@@H]2/C=C/c1ccc(-c2cccc(F)c2)cn1.CCOC(=O)N[C@@H]1CC[C@H]2[C@H](C1)C[C@@H]1C(=O)O[C@H](C)[C@H]1[C@@H]2/C=C/c1ccc(-c2cccc(F)c2)cn1.CCOC(=O)N[C@@H]1CC[C@H]2[C@H](C1)C[C@H]1C(=O)O[C@@H](C)[C@H]1[C@H]2/C=C/c1ccc(-c2cccc(F)c2)cn1. The third-order valence-electron chi connectivity index (χ3n) is 24.5. The zero-order valence-corrected chi connectivity index (χ0v) is 62.2. The van der Waals surface area contributed by atoms with Gasteiger partial charge >= 0.3 is 36.2 Å². The van der Waals surface area contributed by atoms with Crippen LogP contribution in [0.1, 0.15) is 136 Å². The van der Waals surface area contributed by atoms with E-state index in [1.54, 1.807) is 57.6 Å². The summed E-state index contributed by atoms with van der Waals surface area (Å²) in [5, 5.41) is 9.00. The second-order valence-corrected chi connectivity index (χ2v) is 30.8. The fourth-order valence-corrected chi connectivity index (χ4v) is 19.9. The van der Waals surface area contributed by atoms with Crippen LogP contribution in [0.5, 0.6) is 0 Å². The van der Waals surface area contributed by atoms with Crippen molar-refractivity contribution in [1.29, 1.82) is 0 Å². The van der Waals surface area contributed by atoms with Gasteiger partial charge in [-0.3, -0.25) is 29.3 Å². The van der Waals surface area contributed by atoms with E-state index in [0.29, 0.717) is 55.3 Å². The Bertz CT molecular complexity index is 3830. The number of pyridine rings is 3. The van der Waals surface area contributed by atoms with E-state index in [4.69, 9.17) is 28.4 Å². The Morgan fingerprint density at radius 2 is 0.694 bits per heavy atom. The van der Waals surface area contributed by atoms with Crippen LogP contribution in [-0.4, -0.2) is 107 Å². The number of allylic oxidation sites excluding steroid dienone is 3. The number of aromatic nitrogens is 3. The number of fused-ring (bicyclic) bond motifs is 6. The summed E-state index contributed by atoms with van der Waals surface area (Å²) < 4.78 is 73.0. The van der Waals surface area contributed by atoms with Crippen molar-refractivity contribution in [3.8, 4) is 33.4 Å². The van der Waals surface area contributed by atoms with Crippen molar-refractivity contribution >= 4 is 54.4 Å². The predicted octanol–water partition coefficient (Wildman–Crippen LogP) is 16.9. The van der Waals surface area contributed by atoms with Crippen LogP contribution in [0.2, 0.25) is 0 Å². The Labute approximate surface area is 630 Å². The van der Waals surface area contributed by atoms with Crippen molar-refractivity contribution in [2.75, 3.05) is 19.8 Å². The van der Waals surface area contributed by atoms with E-state index < -0.39 is 0 Å². The summed E-state index contributed by atoms with van der Waals surface area (Å²) in [7, 11) is 0. The molecule has 3 aromatic carbocycles. The molecule has 18 nitrogen and oxygen atoms in total. The third-order valence-corrected chi connectivity index (χ3v) is 24.5. The number of benzene rings is 3. The van der Waals surface area contributed by atoms with Gasteiger partial charge in [-0.15, -0.1) is 0 Å². The lowest BCUT2D eigenvalue weighted by Gasteiger charge is -2.47. The summed E-state index contributed by atoms with van der Waals surface area (Å²) in [6.07, 6.45) is 27.2. The van der Waals surface area contributed by atoms with Gasteiger partial charge in [-0.2, -0.15) is 0 Å².